The number of ether oxygens (including phenoxy) is 2. The first-order chi connectivity index (χ1) is 17.3. The summed E-state index contributed by atoms with van der Waals surface area (Å²) >= 11 is 0. The van der Waals surface area contributed by atoms with E-state index in [-0.39, 0.29) is 12.2 Å². The fourth-order valence-electron chi connectivity index (χ4n) is 3.52. The molecule has 1 unspecified atom stereocenters. The number of benzene rings is 3. The largest absolute Gasteiger partial charge is 0.492 e. The summed E-state index contributed by atoms with van der Waals surface area (Å²) < 4.78 is 65.4. The lowest BCUT2D eigenvalue weighted by molar-refractivity contribution is 0.172. The van der Waals surface area contributed by atoms with Gasteiger partial charge in [0.15, 0.2) is 0 Å². The number of nitrogens with zero attached hydrogens (tertiary/aromatic N) is 1. The molecule has 3 aromatic carbocycles. The maximum atomic E-state index is 13.9. The zero-order valence-corrected chi connectivity index (χ0v) is 20.0. The van der Waals surface area contributed by atoms with Crippen LogP contribution in [-0.2, 0) is 10.0 Å². The lowest BCUT2D eigenvalue weighted by atomic mass is 10.1. The Kier molecular flexibility index (Phi) is 7.67. The molecule has 0 saturated carbocycles. The summed E-state index contributed by atoms with van der Waals surface area (Å²) in [6, 6.07) is 13.7. The molecule has 0 aliphatic heterocycles. The smallest absolute Gasteiger partial charge is 0.264 e. The van der Waals surface area contributed by atoms with Gasteiger partial charge in [0.1, 0.15) is 28.9 Å². The van der Waals surface area contributed by atoms with Gasteiger partial charge >= 0.3 is 0 Å². The summed E-state index contributed by atoms with van der Waals surface area (Å²) in [5.41, 5.74) is 1.31. The Labute approximate surface area is 206 Å². The van der Waals surface area contributed by atoms with Gasteiger partial charge in [0, 0.05) is 24.8 Å². The van der Waals surface area contributed by atoms with Crippen molar-refractivity contribution in [3.63, 3.8) is 0 Å². The van der Waals surface area contributed by atoms with Crippen molar-refractivity contribution < 1.29 is 31.8 Å². The lowest BCUT2D eigenvalue weighted by Crippen LogP contribution is -2.26. The minimum absolute atomic E-state index is 0.101. The minimum Gasteiger partial charge on any atom is -0.492 e. The molecule has 0 bridgehead atoms. The fraction of sp³-hybridized carbons (Fsp3) is 0.208. The van der Waals surface area contributed by atoms with Crippen molar-refractivity contribution in [3.05, 3.63) is 77.9 Å². The highest BCUT2D eigenvalue weighted by molar-refractivity contribution is 7.92. The first kappa shape index (κ1) is 25.4. The van der Waals surface area contributed by atoms with Crippen molar-refractivity contribution in [2.75, 3.05) is 31.5 Å². The van der Waals surface area contributed by atoms with E-state index in [0.29, 0.717) is 36.4 Å². The number of anilines is 1. The van der Waals surface area contributed by atoms with Crippen LogP contribution in [0.4, 0.5) is 14.5 Å². The molecule has 4 N–H and O–H groups in total. The zero-order chi connectivity index (χ0) is 25.7. The van der Waals surface area contributed by atoms with Crippen molar-refractivity contribution in [2.24, 2.45) is 0 Å². The Bertz CT molecular complexity index is 1460. The van der Waals surface area contributed by atoms with E-state index in [9.17, 15) is 22.3 Å². The first-order valence-electron chi connectivity index (χ1n) is 10.9. The Morgan fingerprint density at radius 2 is 1.94 bits per heavy atom. The summed E-state index contributed by atoms with van der Waals surface area (Å²) in [4.78, 5) is -0.805. The standard InChI is InChI=1S/C24H24F2N4O5S/c1-34-24-19-7-6-18(13-21(19)28-29-24)35-10-9-27-14-22(31)15-3-2-4-17(11-15)30-36(32,33)23-12-16(25)5-8-20(23)26/h2-8,11-13,22,27,30-31H,9-10,14H2,1H3,(H,28,29). The van der Waals surface area contributed by atoms with Crippen LogP contribution in [0.5, 0.6) is 11.6 Å². The van der Waals surface area contributed by atoms with Crippen molar-refractivity contribution >= 4 is 26.6 Å². The topological polar surface area (TPSA) is 126 Å². The molecule has 1 heterocycles. The normalized spacial score (nSPS) is 12.4. The molecule has 1 atom stereocenters. The predicted octanol–water partition coefficient (Wildman–Crippen LogP) is 3.35. The van der Waals surface area contributed by atoms with Crippen molar-refractivity contribution in [1.82, 2.24) is 15.5 Å². The first-order valence-corrected chi connectivity index (χ1v) is 12.4. The van der Waals surface area contributed by atoms with Crippen molar-refractivity contribution in [3.8, 4) is 11.6 Å². The van der Waals surface area contributed by atoms with E-state index in [4.69, 9.17) is 9.47 Å². The number of aliphatic hydroxyl groups excluding tert-OH is 1. The zero-order valence-electron chi connectivity index (χ0n) is 19.2. The molecule has 0 aliphatic rings. The number of nitrogens with one attached hydrogen (secondary N) is 3. The highest BCUT2D eigenvalue weighted by atomic mass is 32.2. The summed E-state index contributed by atoms with van der Waals surface area (Å²) in [5.74, 6) is -0.801. The molecule has 36 heavy (non-hydrogen) atoms. The summed E-state index contributed by atoms with van der Waals surface area (Å²) in [7, 11) is -2.82. The molecule has 0 amide bonds. The molecule has 0 radical (unpaired) electrons. The molecule has 4 aromatic rings. The van der Waals surface area contributed by atoms with E-state index >= 15 is 0 Å². The number of aliphatic hydroxyl groups is 1. The molecule has 0 aliphatic carbocycles. The summed E-state index contributed by atoms with van der Waals surface area (Å²) in [6.07, 6.45) is -0.950. The van der Waals surface area contributed by atoms with Crippen molar-refractivity contribution in [1.29, 1.82) is 0 Å². The van der Waals surface area contributed by atoms with Gasteiger partial charge in [-0.3, -0.25) is 9.82 Å². The number of halogens is 2. The predicted molar refractivity (Wildman–Crippen MR) is 130 cm³/mol. The number of aromatic nitrogens is 2. The SMILES string of the molecule is COc1n[nH]c2cc(OCCNCC(O)c3cccc(NS(=O)(=O)c4cc(F)ccc4F)c3)ccc12. The van der Waals surface area contributed by atoms with Crippen LogP contribution in [0.15, 0.2) is 65.6 Å². The quantitative estimate of drug-likeness (QED) is 0.224. The van der Waals surface area contributed by atoms with Crippen LogP contribution in [-0.4, -0.2) is 50.5 Å². The van der Waals surface area contributed by atoms with Gasteiger partial charge in [0.2, 0.25) is 5.88 Å². The second-order valence-electron chi connectivity index (χ2n) is 7.81. The summed E-state index contributed by atoms with van der Waals surface area (Å²) in [6.45, 7) is 0.948. The highest BCUT2D eigenvalue weighted by Crippen LogP contribution is 2.26. The second kappa shape index (κ2) is 10.9. The monoisotopic (exact) mass is 518 g/mol. The molecular weight excluding hydrogens is 494 g/mol. The number of methoxy groups -OCH3 is 1. The van der Waals surface area contributed by atoms with Crippen LogP contribution in [0.3, 0.4) is 0 Å². The number of rotatable bonds is 11. The third kappa shape index (κ3) is 5.90. The number of sulfonamides is 1. The van der Waals surface area contributed by atoms with Gasteiger partial charge in [-0.05, 0) is 48.0 Å². The molecule has 4 rings (SSSR count). The average molecular weight is 519 g/mol. The van der Waals surface area contributed by atoms with Crippen LogP contribution in [0, 0.1) is 11.6 Å². The van der Waals surface area contributed by atoms with Crippen LogP contribution in [0.25, 0.3) is 10.9 Å². The number of hydrogen-bond donors (Lipinski definition) is 4. The molecular formula is C24H24F2N4O5S. The molecule has 12 heteroatoms. The Balaban J connectivity index is 1.29. The molecule has 190 valence electrons. The Hall–Kier alpha value is -3.74. The second-order valence-corrected chi connectivity index (χ2v) is 9.47. The van der Waals surface area contributed by atoms with Gasteiger partial charge in [-0.15, -0.1) is 5.10 Å². The summed E-state index contributed by atoms with van der Waals surface area (Å²) in [5, 5.41) is 21.3. The molecule has 0 saturated heterocycles. The van der Waals surface area contributed by atoms with Gasteiger partial charge in [-0.1, -0.05) is 12.1 Å². The number of hydrogen-bond acceptors (Lipinski definition) is 7. The van der Waals surface area contributed by atoms with E-state index in [1.165, 1.54) is 12.1 Å². The highest BCUT2D eigenvalue weighted by Gasteiger charge is 2.20. The Morgan fingerprint density at radius 1 is 1.11 bits per heavy atom. The van der Waals surface area contributed by atoms with Gasteiger partial charge in [0.25, 0.3) is 10.0 Å². The van der Waals surface area contributed by atoms with E-state index in [1.54, 1.807) is 25.3 Å². The number of fused-ring (bicyclic) bond motifs is 1. The fourth-order valence-corrected chi connectivity index (χ4v) is 4.66. The molecule has 1 aromatic heterocycles. The molecule has 0 spiro atoms. The average Bonchev–Trinajstić information content (AvgIpc) is 3.27. The van der Waals surface area contributed by atoms with E-state index < -0.39 is 32.7 Å². The van der Waals surface area contributed by atoms with Gasteiger partial charge < -0.3 is 19.9 Å². The van der Waals surface area contributed by atoms with Gasteiger partial charge in [-0.2, -0.15) is 0 Å². The van der Waals surface area contributed by atoms with Crippen LogP contribution in [0.1, 0.15) is 11.7 Å². The van der Waals surface area contributed by atoms with E-state index in [1.807, 2.05) is 12.1 Å². The van der Waals surface area contributed by atoms with Crippen molar-refractivity contribution in [2.45, 2.75) is 11.0 Å². The van der Waals surface area contributed by atoms with E-state index in [0.717, 1.165) is 23.0 Å². The Morgan fingerprint density at radius 3 is 2.75 bits per heavy atom. The molecule has 9 nitrogen and oxygen atoms in total. The maximum Gasteiger partial charge on any atom is 0.264 e. The van der Waals surface area contributed by atoms with Gasteiger partial charge in [-0.25, -0.2) is 17.2 Å². The number of H-pyrrole nitrogens is 1. The third-order valence-electron chi connectivity index (χ3n) is 5.28. The maximum absolute atomic E-state index is 13.9. The third-order valence-corrected chi connectivity index (χ3v) is 6.68. The van der Waals surface area contributed by atoms with Gasteiger partial charge in [0.05, 0.1) is 24.1 Å². The van der Waals surface area contributed by atoms with Crippen LogP contribution < -0.4 is 19.5 Å². The van der Waals surface area contributed by atoms with E-state index in [2.05, 4.69) is 20.2 Å². The molecule has 0 fully saturated rings. The minimum atomic E-state index is -4.37. The van der Waals surface area contributed by atoms with Crippen LogP contribution in [0.2, 0.25) is 0 Å². The van der Waals surface area contributed by atoms with Crippen LogP contribution >= 0.6 is 0 Å². The number of aromatic amines is 1. The lowest BCUT2D eigenvalue weighted by Gasteiger charge is -2.15.